The smallest absolute Gasteiger partial charge is 0.472 e. The van der Waals surface area contributed by atoms with Gasteiger partial charge >= 0.3 is 19.8 Å². The molecule has 0 aromatic heterocycles. The number of carboxylic acid groups (broad SMARTS) is 1. The van der Waals surface area contributed by atoms with Crippen molar-refractivity contribution in [3.63, 3.8) is 0 Å². The maximum absolute atomic E-state index is 12.5. The molecule has 3 atom stereocenters. The number of allylic oxidation sites excluding steroid dienone is 2. The van der Waals surface area contributed by atoms with Gasteiger partial charge in [0.2, 0.25) is 0 Å². The summed E-state index contributed by atoms with van der Waals surface area (Å²) < 4.78 is 33.2. The molecule has 0 bridgehead atoms. The van der Waals surface area contributed by atoms with E-state index in [0.29, 0.717) is 13.0 Å². The Morgan fingerprint density at radius 3 is 1.52 bits per heavy atom. The number of ether oxygens (including phenoxy) is 2. The Morgan fingerprint density at radius 1 is 0.620 bits per heavy atom. The van der Waals surface area contributed by atoms with Gasteiger partial charge in [0.05, 0.1) is 19.8 Å². The zero-order valence-electron chi connectivity index (χ0n) is 32.0. The lowest BCUT2D eigenvalue weighted by atomic mass is 10.1. The van der Waals surface area contributed by atoms with E-state index in [1.165, 1.54) is 122 Å². The molecule has 0 saturated heterocycles. The lowest BCUT2D eigenvalue weighted by molar-refractivity contribution is -0.154. The second kappa shape index (κ2) is 36.1. The molecule has 0 spiro atoms. The van der Waals surface area contributed by atoms with E-state index in [0.717, 1.165) is 38.5 Å². The number of rotatable bonds is 39. The van der Waals surface area contributed by atoms with Crippen LogP contribution in [0.15, 0.2) is 12.2 Å². The number of hydrogen-bond acceptors (Lipinski definition) is 8. The summed E-state index contributed by atoms with van der Waals surface area (Å²) in [7, 11) is -4.60. The van der Waals surface area contributed by atoms with Gasteiger partial charge in [-0.1, -0.05) is 154 Å². The van der Waals surface area contributed by atoms with Gasteiger partial charge in [0.1, 0.15) is 12.1 Å². The van der Waals surface area contributed by atoms with Crippen molar-refractivity contribution in [1.29, 1.82) is 0 Å². The first-order valence-electron chi connectivity index (χ1n) is 20.2. The molecular weight excluding hydrogens is 657 g/mol. The fourth-order valence-electron chi connectivity index (χ4n) is 5.60. The minimum atomic E-state index is -4.60. The summed E-state index contributed by atoms with van der Waals surface area (Å²) in [4.78, 5) is 33.3. The van der Waals surface area contributed by atoms with Crippen molar-refractivity contribution in [2.75, 3.05) is 26.4 Å². The first-order chi connectivity index (χ1) is 24.2. The molecule has 3 unspecified atom stereocenters. The molecule has 0 radical (unpaired) electrons. The molecule has 0 aliphatic heterocycles. The minimum Gasteiger partial charge on any atom is -0.480 e. The van der Waals surface area contributed by atoms with Gasteiger partial charge < -0.3 is 25.2 Å². The molecule has 296 valence electrons. The normalized spacial score (nSPS) is 14.2. The van der Waals surface area contributed by atoms with Gasteiger partial charge in [-0.15, -0.1) is 0 Å². The third-order valence-corrected chi connectivity index (χ3v) is 9.75. The van der Waals surface area contributed by atoms with E-state index in [2.05, 4.69) is 30.5 Å². The minimum absolute atomic E-state index is 0.0206. The van der Waals surface area contributed by atoms with Gasteiger partial charge in [-0.3, -0.25) is 18.6 Å². The third kappa shape index (κ3) is 35.1. The maximum Gasteiger partial charge on any atom is 0.472 e. The SMILES string of the molecule is CCCCCCCC/C=C\CCCCCCCCCCCCOCC(COP(=O)(O)OCC(N)C(=O)O)OC(=O)CCCCCCCCCC. The highest BCUT2D eigenvalue weighted by Crippen LogP contribution is 2.43. The number of hydrogen-bond donors (Lipinski definition) is 3. The molecule has 11 heteroatoms. The number of carbonyl (C=O) groups excluding carboxylic acids is 1. The van der Waals surface area contributed by atoms with Crippen LogP contribution in [0.3, 0.4) is 0 Å². The van der Waals surface area contributed by atoms with E-state index >= 15 is 0 Å². The van der Waals surface area contributed by atoms with Crippen molar-refractivity contribution < 1.29 is 42.7 Å². The molecular formula is C39H76NO9P. The number of phosphoric acid groups is 1. The van der Waals surface area contributed by atoms with Crippen molar-refractivity contribution in [3.8, 4) is 0 Å². The van der Waals surface area contributed by atoms with Gasteiger partial charge in [0.15, 0.2) is 0 Å². The predicted molar refractivity (Wildman–Crippen MR) is 203 cm³/mol. The van der Waals surface area contributed by atoms with Crippen LogP contribution in [0.1, 0.15) is 187 Å². The second-order valence-corrected chi connectivity index (χ2v) is 15.2. The average molecular weight is 734 g/mol. The Balaban J connectivity index is 4.11. The van der Waals surface area contributed by atoms with Crippen LogP contribution in [0.5, 0.6) is 0 Å². The van der Waals surface area contributed by atoms with Crippen LogP contribution in [0.4, 0.5) is 0 Å². The Morgan fingerprint density at radius 2 is 1.04 bits per heavy atom. The molecule has 0 saturated carbocycles. The lowest BCUT2D eigenvalue weighted by Crippen LogP contribution is -2.34. The maximum atomic E-state index is 12.5. The predicted octanol–water partition coefficient (Wildman–Crippen LogP) is 10.6. The van der Waals surface area contributed by atoms with Crippen molar-refractivity contribution in [3.05, 3.63) is 12.2 Å². The number of aliphatic carboxylic acids is 1. The van der Waals surface area contributed by atoms with Gasteiger partial charge in [0, 0.05) is 13.0 Å². The Labute approximate surface area is 305 Å². The molecule has 0 fully saturated rings. The van der Waals surface area contributed by atoms with E-state index in [1.54, 1.807) is 0 Å². The molecule has 0 rings (SSSR count). The lowest BCUT2D eigenvalue weighted by Gasteiger charge is -2.20. The third-order valence-electron chi connectivity index (χ3n) is 8.79. The standard InChI is InChI=1S/C39H76NO9P/c1-3-5-7-9-11-13-14-15-16-17-18-19-20-21-22-23-24-26-28-30-32-46-33-36(34-47-50(44,45)48-35-37(40)39(42)43)49-38(41)31-29-27-25-12-10-8-6-4-2/h15-16,36-37H,3-14,17-35,40H2,1-2H3,(H,42,43)(H,44,45)/b16-15-. The first kappa shape index (κ1) is 48.7. The van der Waals surface area contributed by atoms with Crippen molar-refractivity contribution >= 4 is 19.8 Å². The number of unbranched alkanes of at least 4 members (excludes halogenated alkanes) is 23. The van der Waals surface area contributed by atoms with Gasteiger partial charge in [-0.25, -0.2) is 4.57 Å². The zero-order valence-corrected chi connectivity index (χ0v) is 32.9. The second-order valence-electron chi connectivity index (χ2n) is 13.8. The van der Waals surface area contributed by atoms with Crippen molar-refractivity contribution in [1.82, 2.24) is 0 Å². The molecule has 10 nitrogen and oxygen atoms in total. The summed E-state index contributed by atoms with van der Waals surface area (Å²) in [5.41, 5.74) is 5.33. The van der Waals surface area contributed by atoms with Crippen LogP contribution in [0.2, 0.25) is 0 Å². The van der Waals surface area contributed by atoms with Crippen LogP contribution >= 0.6 is 7.82 Å². The topological polar surface area (TPSA) is 155 Å². The number of carboxylic acids is 1. The number of esters is 1. The van der Waals surface area contributed by atoms with E-state index in [9.17, 15) is 19.0 Å². The number of phosphoric ester groups is 1. The average Bonchev–Trinajstić information content (AvgIpc) is 3.09. The first-order valence-corrected chi connectivity index (χ1v) is 21.7. The van der Waals surface area contributed by atoms with Crippen LogP contribution in [0, 0.1) is 0 Å². The van der Waals surface area contributed by atoms with E-state index in [4.69, 9.17) is 24.8 Å². The van der Waals surface area contributed by atoms with E-state index < -0.39 is 45.1 Å². The fraction of sp³-hybridized carbons (Fsp3) is 0.897. The van der Waals surface area contributed by atoms with E-state index in [-0.39, 0.29) is 13.0 Å². The summed E-state index contributed by atoms with van der Waals surface area (Å²) in [6, 6.07) is -1.47. The van der Waals surface area contributed by atoms with Crippen LogP contribution in [-0.4, -0.2) is 60.5 Å². The molecule has 0 amide bonds. The van der Waals surface area contributed by atoms with Crippen molar-refractivity contribution in [2.45, 2.75) is 199 Å². The zero-order chi connectivity index (χ0) is 37.0. The van der Waals surface area contributed by atoms with Crippen LogP contribution < -0.4 is 5.73 Å². The summed E-state index contributed by atoms with van der Waals surface area (Å²) in [5.74, 6) is -1.78. The Bertz CT molecular complexity index is 857. The molecule has 0 aliphatic rings. The monoisotopic (exact) mass is 734 g/mol. The Kier molecular flexibility index (Phi) is 35.2. The molecule has 0 aromatic rings. The molecule has 4 N–H and O–H groups in total. The summed E-state index contributed by atoms with van der Waals surface area (Å²) in [6.07, 6.45) is 35.7. The molecule has 0 aromatic carbocycles. The molecule has 0 aliphatic carbocycles. The van der Waals surface area contributed by atoms with E-state index in [1.807, 2.05) is 0 Å². The van der Waals surface area contributed by atoms with Gasteiger partial charge in [-0.2, -0.15) is 0 Å². The van der Waals surface area contributed by atoms with Crippen LogP contribution in [-0.2, 0) is 32.7 Å². The summed E-state index contributed by atoms with van der Waals surface area (Å²) >= 11 is 0. The fourth-order valence-corrected chi connectivity index (χ4v) is 6.38. The van der Waals surface area contributed by atoms with Crippen LogP contribution in [0.25, 0.3) is 0 Å². The quantitative estimate of drug-likeness (QED) is 0.0240. The largest absolute Gasteiger partial charge is 0.480 e. The Hall–Kier alpha value is -1.29. The highest BCUT2D eigenvalue weighted by atomic mass is 31.2. The number of nitrogens with two attached hydrogens (primary N) is 1. The van der Waals surface area contributed by atoms with Crippen molar-refractivity contribution in [2.24, 2.45) is 5.73 Å². The molecule has 0 heterocycles. The summed E-state index contributed by atoms with van der Waals surface area (Å²) in [5, 5.41) is 8.85. The highest BCUT2D eigenvalue weighted by molar-refractivity contribution is 7.47. The number of carbonyl (C=O) groups is 2. The highest BCUT2D eigenvalue weighted by Gasteiger charge is 2.27. The van der Waals surface area contributed by atoms with Gasteiger partial charge in [0.25, 0.3) is 0 Å². The molecule has 50 heavy (non-hydrogen) atoms. The van der Waals surface area contributed by atoms with Gasteiger partial charge in [-0.05, 0) is 38.5 Å². The summed E-state index contributed by atoms with van der Waals surface area (Å²) in [6.45, 7) is 3.85.